The van der Waals surface area contributed by atoms with Gasteiger partial charge in [-0.15, -0.1) is 34.0 Å². The van der Waals surface area contributed by atoms with Crippen molar-refractivity contribution in [1.29, 1.82) is 0 Å². The standard InChI is InChI=1S/C16H10N2S3/c1-3-13(19-7-1)14-6-5-12(21-14)11-9-17-10-18-16(11)15-4-2-8-20-15/h1-10H. The SMILES string of the molecule is c1csc(-c2ccc(-c3cncnc3-c3cccs3)s2)c1. The predicted octanol–water partition coefficient (Wildman–Crippen LogP) is 5.66. The molecule has 0 spiro atoms. The Morgan fingerprint density at radius 1 is 0.762 bits per heavy atom. The summed E-state index contributed by atoms with van der Waals surface area (Å²) in [5, 5.41) is 4.18. The van der Waals surface area contributed by atoms with Gasteiger partial charge >= 0.3 is 0 Å². The van der Waals surface area contributed by atoms with Crippen LogP contribution in [0.2, 0.25) is 0 Å². The van der Waals surface area contributed by atoms with Crippen molar-refractivity contribution >= 4 is 34.0 Å². The minimum Gasteiger partial charge on any atom is -0.244 e. The van der Waals surface area contributed by atoms with Crippen LogP contribution in [-0.4, -0.2) is 9.97 Å². The van der Waals surface area contributed by atoms with Crippen LogP contribution in [0.1, 0.15) is 0 Å². The topological polar surface area (TPSA) is 25.8 Å². The quantitative estimate of drug-likeness (QED) is 0.485. The molecule has 0 aromatic carbocycles. The average molecular weight is 326 g/mol. The molecule has 4 rings (SSSR count). The Morgan fingerprint density at radius 2 is 1.52 bits per heavy atom. The molecule has 5 heteroatoms. The van der Waals surface area contributed by atoms with Crippen molar-refractivity contribution in [3.63, 3.8) is 0 Å². The lowest BCUT2D eigenvalue weighted by atomic mass is 10.1. The highest BCUT2D eigenvalue weighted by Gasteiger charge is 2.12. The lowest BCUT2D eigenvalue weighted by Crippen LogP contribution is -1.86. The normalized spacial score (nSPS) is 10.9. The third-order valence-electron chi connectivity index (χ3n) is 3.10. The van der Waals surface area contributed by atoms with Crippen LogP contribution < -0.4 is 0 Å². The molecule has 4 aromatic rings. The van der Waals surface area contributed by atoms with Crippen LogP contribution in [0.5, 0.6) is 0 Å². The molecule has 0 amide bonds. The van der Waals surface area contributed by atoms with Gasteiger partial charge in [0, 0.05) is 26.4 Å². The zero-order valence-corrected chi connectivity index (χ0v) is 13.3. The van der Waals surface area contributed by atoms with Gasteiger partial charge in [-0.05, 0) is 35.0 Å². The van der Waals surface area contributed by atoms with Crippen molar-refractivity contribution in [2.45, 2.75) is 0 Å². The summed E-state index contributed by atoms with van der Waals surface area (Å²) in [5.74, 6) is 0. The summed E-state index contributed by atoms with van der Waals surface area (Å²) in [7, 11) is 0. The van der Waals surface area contributed by atoms with Gasteiger partial charge in [-0.25, -0.2) is 9.97 Å². The van der Waals surface area contributed by atoms with Crippen molar-refractivity contribution in [3.8, 4) is 30.8 Å². The number of aromatic nitrogens is 2. The summed E-state index contributed by atoms with van der Waals surface area (Å²) in [5.41, 5.74) is 2.12. The van der Waals surface area contributed by atoms with E-state index in [1.54, 1.807) is 40.3 Å². The van der Waals surface area contributed by atoms with Crippen molar-refractivity contribution in [2.75, 3.05) is 0 Å². The highest BCUT2D eigenvalue weighted by Crippen LogP contribution is 2.39. The minimum absolute atomic E-state index is 1.01. The highest BCUT2D eigenvalue weighted by molar-refractivity contribution is 7.23. The van der Waals surface area contributed by atoms with Gasteiger partial charge in [-0.2, -0.15) is 0 Å². The Bertz CT molecular complexity index is 845. The molecule has 0 unspecified atom stereocenters. The van der Waals surface area contributed by atoms with Gasteiger partial charge in [0.15, 0.2) is 0 Å². The van der Waals surface area contributed by atoms with Crippen molar-refractivity contribution in [2.24, 2.45) is 0 Å². The van der Waals surface area contributed by atoms with Crippen LogP contribution in [-0.2, 0) is 0 Å². The molecule has 0 saturated heterocycles. The van der Waals surface area contributed by atoms with Crippen LogP contribution >= 0.6 is 34.0 Å². The molecule has 4 aromatic heterocycles. The molecule has 0 aliphatic rings. The largest absolute Gasteiger partial charge is 0.244 e. The third-order valence-corrected chi connectivity index (χ3v) is 6.16. The molecule has 0 N–H and O–H groups in total. The lowest BCUT2D eigenvalue weighted by Gasteiger charge is -2.03. The monoisotopic (exact) mass is 326 g/mol. The zero-order valence-electron chi connectivity index (χ0n) is 10.9. The predicted molar refractivity (Wildman–Crippen MR) is 92.0 cm³/mol. The average Bonchev–Trinajstić information content (AvgIpc) is 3.27. The second-order valence-electron chi connectivity index (χ2n) is 4.40. The fourth-order valence-electron chi connectivity index (χ4n) is 2.15. The Kier molecular flexibility index (Phi) is 3.39. The summed E-state index contributed by atoms with van der Waals surface area (Å²) in [6.07, 6.45) is 3.53. The zero-order chi connectivity index (χ0) is 14.1. The maximum atomic E-state index is 4.48. The molecule has 102 valence electrons. The van der Waals surface area contributed by atoms with Gasteiger partial charge in [0.25, 0.3) is 0 Å². The van der Waals surface area contributed by atoms with Crippen molar-refractivity contribution < 1.29 is 0 Å². The van der Waals surface area contributed by atoms with E-state index in [-0.39, 0.29) is 0 Å². The highest BCUT2D eigenvalue weighted by atomic mass is 32.1. The number of hydrogen-bond donors (Lipinski definition) is 0. The number of nitrogens with zero attached hydrogens (tertiary/aromatic N) is 2. The Morgan fingerprint density at radius 3 is 2.29 bits per heavy atom. The van der Waals surface area contributed by atoms with E-state index >= 15 is 0 Å². The van der Waals surface area contributed by atoms with E-state index in [9.17, 15) is 0 Å². The molecular weight excluding hydrogens is 316 g/mol. The summed E-state index contributed by atoms with van der Waals surface area (Å²) in [6, 6.07) is 12.7. The second-order valence-corrected chi connectivity index (χ2v) is 7.38. The Labute approximate surface area is 134 Å². The van der Waals surface area contributed by atoms with Gasteiger partial charge in [0.1, 0.15) is 6.33 Å². The molecule has 0 atom stereocenters. The van der Waals surface area contributed by atoms with Gasteiger partial charge in [0.2, 0.25) is 0 Å². The number of thiophene rings is 3. The smallest absolute Gasteiger partial charge is 0.116 e. The number of rotatable bonds is 3. The van der Waals surface area contributed by atoms with E-state index in [0.29, 0.717) is 0 Å². The lowest BCUT2D eigenvalue weighted by molar-refractivity contribution is 1.18. The third kappa shape index (κ3) is 2.44. The molecule has 0 bridgehead atoms. The van der Waals surface area contributed by atoms with Gasteiger partial charge in [0.05, 0.1) is 10.6 Å². The van der Waals surface area contributed by atoms with E-state index in [0.717, 1.165) is 11.3 Å². The van der Waals surface area contributed by atoms with Crippen LogP contribution in [0.25, 0.3) is 30.8 Å². The summed E-state index contributed by atoms with van der Waals surface area (Å²) < 4.78 is 0. The van der Waals surface area contributed by atoms with Crippen LogP contribution in [0.3, 0.4) is 0 Å². The molecule has 4 heterocycles. The second kappa shape index (κ2) is 5.52. The first kappa shape index (κ1) is 12.9. The van der Waals surface area contributed by atoms with E-state index < -0.39 is 0 Å². The first-order chi connectivity index (χ1) is 10.4. The molecule has 0 radical (unpaired) electrons. The van der Waals surface area contributed by atoms with Crippen LogP contribution in [0.4, 0.5) is 0 Å². The molecule has 0 fully saturated rings. The van der Waals surface area contributed by atoms with Crippen molar-refractivity contribution in [1.82, 2.24) is 9.97 Å². The maximum absolute atomic E-state index is 4.48. The molecular formula is C16H10N2S3. The van der Waals surface area contributed by atoms with E-state index in [2.05, 4.69) is 57.1 Å². The minimum atomic E-state index is 1.01. The molecule has 0 aliphatic carbocycles. The summed E-state index contributed by atoms with van der Waals surface area (Å²) in [6.45, 7) is 0. The maximum Gasteiger partial charge on any atom is 0.116 e. The molecule has 21 heavy (non-hydrogen) atoms. The Hall–Kier alpha value is -1.82. The van der Waals surface area contributed by atoms with Crippen LogP contribution in [0, 0.1) is 0 Å². The van der Waals surface area contributed by atoms with Crippen LogP contribution in [0.15, 0.2) is 59.7 Å². The first-order valence-corrected chi connectivity index (χ1v) is 8.97. The fourth-order valence-corrected chi connectivity index (χ4v) is 4.74. The van der Waals surface area contributed by atoms with Gasteiger partial charge < -0.3 is 0 Å². The molecule has 0 aliphatic heterocycles. The fraction of sp³-hybridized carbons (Fsp3) is 0. The van der Waals surface area contributed by atoms with E-state index in [4.69, 9.17) is 0 Å². The Balaban J connectivity index is 1.81. The van der Waals surface area contributed by atoms with E-state index in [1.807, 2.05) is 6.20 Å². The summed E-state index contributed by atoms with van der Waals surface area (Å²) >= 11 is 5.26. The van der Waals surface area contributed by atoms with Gasteiger partial charge in [-0.1, -0.05) is 12.1 Å². The summed E-state index contributed by atoms with van der Waals surface area (Å²) in [4.78, 5) is 13.7. The van der Waals surface area contributed by atoms with Gasteiger partial charge in [-0.3, -0.25) is 0 Å². The molecule has 2 nitrogen and oxygen atoms in total. The van der Waals surface area contributed by atoms with E-state index in [1.165, 1.54) is 19.5 Å². The van der Waals surface area contributed by atoms with Crippen molar-refractivity contribution in [3.05, 3.63) is 59.7 Å². The number of hydrogen-bond acceptors (Lipinski definition) is 5. The molecule has 0 saturated carbocycles. The first-order valence-electron chi connectivity index (χ1n) is 6.40.